The van der Waals surface area contributed by atoms with Crippen LogP contribution < -0.4 is 5.73 Å². The zero-order valence-corrected chi connectivity index (χ0v) is 10.4. The van der Waals surface area contributed by atoms with Gasteiger partial charge in [0, 0.05) is 5.69 Å². The Hall–Kier alpha value is -2.57. The quantitative estimate of drug-likeness (QED) is 0.696. The minimum atomic E-state index is -1.54. The molecular formula is C13H9F3N4. The molecule has 7 heteroatoms. The number of hydrogen-bond acceptors (Lipinski definition) is 3. The number of nitrogen functional groups attached to an aromatic ring is 1. The van der Waals surface area contributed by atoms with Gasteiger partial charge in [0.2, 0.25) is 0 Å². The number of anilines is 1. The summed E-state index contributed by atoms with van der Waals surface area (Å²) in [5.74, 6) is -4.03. The lowest BCUT2D eigenvalue weighted by Gasteiger charge is -2.06. The lowest BCUT2D eigenvalue weighted by Crippen LogP contribution is -2.01. The molecule has 0 saturated heterocycles. The molecular weight excluding hydrogens is 269 g/mol. The summed E-state index contributed by atoms with van der Waals surface area (Å²) < 4.78 is 41.7. The third kappa shape index (κ3) is 1.63. The zero-order chi connectivity index (χ0) is 14.4. The lowest BCUT2D eigenvalue weighted by molar-refractivity contribution is 0.448. The van der Waals surface area contributed by atoms with Crippen LogP contribution in [0.2, 0.25) is 0 Å². The molecule has 0 bridgehead atoms. The second-order valence-electron chi connectivity index (χ2n) is 4.34. The largest absolute Gasteiger partial charge is 0.396 e. The first-order valence-electron chi connectivity index (χ1n) is 5.75. The fourth-order valence-electron chi connectivity index (χ4n) is 2.04. The molecule has 3 aromatic rings. The molecule has 0 spiro atoms. The molecule has 4 nitrogen and oxygen atoms in total. The van der Waals surface area contributed by atoms with Crippen LogP contribution in [0.15, 0.2) is 24.3 Å². The predicted octanol–water partition coefficient (Wildman–Crippen LogP) is 2.70. The smallest absolute Gasteiger partial charge is 0.195 e. The molecule has 0 saturated carbocycles. The fourth-order valence-corrected chi connectivity index (χ4v) is 2.04. The van der Waals surface area contributed by atoms with Gasteiger partial charge >= 0.3 is 0 Å². The van der Waals surface area contributed by atoms with Crippen molar-refractivity contribution in [3.63, 3.8) is 0 Å². The molecule has 3 rings (SSSR count). The van der Waals surface area contributed by atoms with Crippen molar-refractivity contribution >= 4 is 11.3 Å². The Kier molecular flexibility index (Phi) is 2.63. The van der Waals surface area contributed by atoms with Crippen LogP contribution in [-0.2, 0) is 0 Å². The minimum absolute atomic E-state index is 0.0706. The first-order chi connectivity index (χ1) is 9.50. The summed E-state index contributed by atoms with van der Waals surface area (Å²) >= 11 is 0. The number of benzene rings is 1. The molecule has 2 heterocycles. The van der Waals surface area contributed by atoms with E-state index in [9.17, 15) is 13.2 Å². The van der Waals surface area contributed by atoms with Crippen molar-refractivity contribution in [2.45, 2.75) is 6.92 Å². The Morgan fingerprint density at radius 3 is 2.50 bits per heavy atom. The molecule has 0 aliphatic carbocycles. The van der Waals surface area contributed by atoms with Gasteiger partial charge in [-0.05, 0) is 31.2 Å². The van der Waals surface area contributed by atoms with Crippen LogP contribution in [-0.4, -0.2) is 14.6 Å². The van der Waals surface area contributed by atoms with Crippen LogP contribution >= 0.6 is 0 Å². The molecule has 0 unspecified atom stereocenters. The maximum Gasteiger partial charge on any atom is 0.195 e. The Morgan fingerprint density at radius 1 is 1.00 bits per heavy atom. The summed E-state index contributed by atoms with van der Waals surface area (Å²) in [7, 11) is 0. The van der Waals surface area contributed by atoms with Gasteiger partial charge < -0.3 is 5.73 Å². The monoisotopic (exact) mass is 278 g/mol. The highest BCUT2D eigenvalue weighted by atomic mass is 19.2. The van der Waals surface area contributed by atoms with E-state index in [0.29, 0.717) is 17.0 Å². The topological polar surface area (TPSA) is 56.2 Å². The van der Waals surface area contributed by atoms with E-state index in [1.54, 1.807) is 19.1 Å². The molecule has 0 fully saturated rings. The van der Waals surface area contributed by atoms with Crippen molar-refractivity contribution in [2.75, 3.05) is 5.73 Å². The first-order valence-corrected chi connectivity index (χ1v) is 5.75. The van der Waals surface area contributed by atoms with E-state index in [1.807, 2.05) is 0 Å². The lowest BCUT2D eigenvalue weighted by atomic mass is 10.2. The summed E-state index contributed by atoms with van der Waals surface area (Å²) in [6.45, 7) is 1.75. The maximum absolute atomic E-state index is 13.9. The number of fused-ring (bicyclic) bond motifs is 1. The Bertz CT molecular complexity index is 826. The van der Waals surface area contributed by atoms with Crippen LogP contribution in [0.3, 0.4) is 0 Å². The second-order valence-corrected chi connectivity index (χ2v) is 4.34. The van der Waals surface area contributed by atoms with E-state index in [1.165, 1.54) is 4.40 Å². The number of rotatable bonds is 1. The second kappa shape index (κ2) is 4.22. The maximum atomic E-state index is 13.9. The zero-order valence-electron chi connectivity index (χ0n) is 10.4. The van der Waals surface area contributed by atoms with Crippen LogP contribution in [0.1, 0.15) is 5.69 Å². The molecule has 102 valence electrons. The Morgan fingerprint density at radius 2 is 1.75 bits per heavy atom. The number of nitrogens with two attached hydrogens (primary N) is 1. The summed E-state index contributed by atoms with van der Waals surface area (Å²) in [6.07, 6.45) is 0. The normalized spacial score (nSPS) is 11.2. The first kappa shape index (κ1) is 12.5. The third-order valence-corrected chi connectivity index (χ3v) is 3.05. The van der Waals surface area contributed by atoms with Crippen molar-refractivity contribution < 1.29 is 13.2 Å². The van der Waals surface area contributed by atoms with E-state index in [0.717, 1.165) is 12.1 Å². The van der Waals surface area contributed by atoms with Gasteiger partial charge in [-0.1, -0.05) is 0 Å². The molecule has 2 N–H and O–H groups in total. The van der Waals surface area contributed by atoms with Crippen LogP contribution in [0.4, 0.5) is 18.9 Å². The fraction of sp³-hybridized carbons (Fsp3) is 0.0769. The van der Waals surface area contributed by atoms with Gasteiger partial charge in [-0.2, -0.15) is 0 Å². The van der Waals surface area contributed by atoms with E-state index in [-0.39, 0.29) is 11.4 Å². The van der Waals surface area contributed by atoms with Crippen molar-refractivity contribution in [3.8, 4) is 11.4 Å². The van der Waals surface area contributed by atoms with Crippen molar-refractivity contribution in [1.82, 2.24) is 14.6 Å². The number of pyridine rings is 1. The number of aromatic nitrogens is 3. The van der Waals surface area contributed by atoms with Gasteiger partial charge in [-0.3, -0.25) is 4.40 Å². The standard InChI is InChI=1S/C13H9F3N4/c1-6-2-5-9(17)13-19-18-12(20(6)13)7-3-4-8(14)11(16)10(7)15/h2-5H,17H2,1H3. The minimum Gasteiger partial charge on any atom is -0.396 e. The molecule has 0 aliphatic rings. The van der Waals surface area contributed by atoms with Crippen LogP contribution in [0, 0.1) is 24.4 Å². The predicted molar refractivity (Wildman–Crippen MR) is 67.4 cm³/mol. The highest BCUT2D eigenvalue weighted by molar-refractivity contribution is 5.70. The summed E-state index contributed by atoms with van der Waals surface area (Å²) in [5.41, 5.74) is 6.97. The number of hydrogen-bond donors (Lipinski definition) is 1. The molecule has 20 heavy (non-hydrogen) atoms. The summed E-state index contributed by atoms with van der Waals surface area (Å²) in [6, 6.07) is 5.31. The molecule has 1 aromatic carbocycles. The molecule has 0 amide bonds. The average molecular weight is 278 g/mol. The Balaban J connectivity index is 2.37. The van der Waals surface area contributed by atoms with Crippen molar-refractivity contribution in [1.29, 1.82) is 0 Å². The van der Waals surface area contributed by atoms with Crippen molar-refractivity contribution in [2.24, 2.45) is 0 Å². The van der Waals surface area contributed by atoms with Crippen LogP contribution in [0.5, 0.6) is 0 Å². The number of aryl methyl sites for hydroxylation is 1. The molecule has 0 atom stereocenters. The van der Waals surface area contributed by atoms with E-state index < -0.39 is 17.5 Å². The van der Waals surface area contributed by atoms with Gasteiger partial charge in [0.15, 0.2) is 28.9 Å². The molecule has 0 radical (unpaired) electrons. The summed E-state index contributed by atoms with van der Waals surface area (Å²) in [5, 5.41) is 7.68. The highest BCUT2D eigenvalue weighted by Crippen LogP contribution is 2.27. The number of halogens is 3. The SMILES string of the molecule is Cc1ccc(N)c2nnc(-c3ccc(F)c(F)c3F)n12. The third-order valence-electron chi connectivity index (χ3n) is 3.05. The van der Waals surface area contributed by atoms with Gasteiger partial charge in [0.05, 0.1) is 11.3 Å². The highest BCUT2D eigenvalue weighted by Gasteiger charge is 2.20. The number of nitrogens with zero attached hydrogens (tertiary/aromatic N) is 3. The molecule has 2 aromatic heterocycles. The van der Waals surface area contributed by atoms with E-state index in [4.69, 9.17) is 5.73 Å². The Labute approximate surface area is 111 Å². The van der Waals surface area contributed by atoms with Gasteiger partial charge in [-0.15, -0.1) is 10.2 Å². The van der Waals surface area contributed by atoms with Crippen LogP contribution in [0.25, 0.3) is 17.0 Å². The summed E-state index contributed by atoms with van der Waals surface area (Å²) in [4.78, 5) is 0. The van der Waals surface area contributed by atoms with E-state index >= 15 is 0 Å². The van der Waals surface area contributed by atoms with Crippen molar-refractivity contribution in [3.05, 3.63) is 47.4 Å². The van der Waals surface area contributed by atoms with E-state index in [2.05, 4.69) is 10.2 Å². The molecule has 0 aliphatic heterocycles. The average Bonchev–Trinajstić information content (AvgIpc) is 2.86. The van der Waals surface area contributed by atoms with Gasteiger partial charge in [0.1, 0.15) is 0 Å². The van der Waals surface area contributed by atoms with Gasteiger partial charge in [-0.25, -0.2) is 13.2 Å². The van der Waals surface area contributed by atoms with Gasteiger partial charge in [0.25, 0.3) is 0 Å².